The van der Waals surface area contributed by atoms with Gasteiger partial charge in [0.15, 0.2) is 0 Å². The van der Waals surface area contributed by atoms with Gasteiger partial charge in [-0.25, -0.2) is 4.79 Å². The van der Waals surface area contributed by atoms with Crippen LogP contribution >= 0.6 is 0 Å². The molecule has 0 radical (unpaired) electrons. The molecule has 2 aliphatic carbocycles. The average Bonchev–Trinajstić information content (AvgIpc) is 3.11. The van der Waals surface area contributed by atoms with Crippen molar-refractivity contribution in [2.45, 2.75) is 82.7 Å². The van der Waals surface area contributed by atoms with Crippen LogP contribution in [0.4, 0.5) is 18.9 Å². The first-order chi connectivity index (χ1) is 25.4. The molecule has 2 fully saturated rings. The summed E-state index contributed by atoms with van der Waals surface area (Å²) in [5, 5.41) is 22.6. The Morgan fingerprint density at radius 3 is 2.46 bits per heavy atom. The van der Waals surface area contributed by atoms with E-state index in [1.165, 1.54) is 37.5 Å². The Morgan fingerprint density at radius 1 is 1.04 bits per heavy atom. The summed E-state index contributed by atoms with van der Waals surface area (Å²) in [4.78, 5) is 102. The zero-order valence-corrected chi connectivity index (χ0v) is 29.5. The molecular formula is C36H41F3N6O9. The first-order valence-electron chi connectivity index (χ1n) is 17.5. The van der Waals surface area contributed by atoms with E-state index in [4.69, 9.17) is 0 Å². The molecule has 5 rings (SSSR count). The molecule has 0 saturated heterocycles. The Kier molecular flexibility index (Phi) is 11.6. The zero-order valence-electron chi connectivity index (χ0n) is 29.5. The van der Waals surface area contributed by atoms with Gasteiger partial charge in [0.25, 0.3) is 17.4 Å². The SMILES string of the molecule is CNC(=O)C(=O)CCC(NC(=O)c1ccc2c(c1)CC(=O)NC2)C(=O)Nc1cccn(CC(=O)NC2(C(=O)O)C(C)CC3CC(C(F)(F)F)CC2C3)c1=O. The van der Waals surface area contributed by atoms with Crippen LogP contribution in [0.5, 0.6) is 0 Å². The van der Waals surface area contributed by atoms with E-state index in [1.807, 2.05) is 0 Å². The lowest BCUT2D eigenvalue weighted by molar-refractivity contribution is -0.203. The van der Waals surface area contributed by atoms with E-state index in [9.17, 15) is 56.6 Å². The number of benzene rings is 1. The van der Waals surface area contributed by atoms with Crippen molar-refractivity contribution in [3.8, 4) is 0 Å². The van der Waals surface area contributed by atoms with Crippen LogP contribution in [0.3, 0.4) is 0 Å². The molecule has 0 spiro atoms. The number of hydrogen-bond acceptors (Lipinski definition) is 8. The summed E-state index contributed by atoms with van der Waals surface area (Å²) in [7, 11) is 1.24. The summed E-state index contributed by atoms with van der Waals surface area (Å²) in [6.07, 6.45) is -4.32. The number of aliphatic carboxylic acids is 1. The van der Waals surface area contributed by atoms with Gasteiger partial charge in [-0.1, -0.05) is 13.0 Å². The zero-order chi connectivity index (χ0) is 39.5. The lowest BCUT2D eigenvalue weighted by atomic mass is 9.56. The van der Waals surface area contributed by atoms with Gasteiger partial charge in [-0.3, -0.25) is 33.6 Å². The van der Waals surface area contributed by atoms with E-state index < -0.39 is 95.8 Å². The number of anilines is 1. The highest BCUT2D eigenvalue weighted by Crippen LogP contribution is 2.53. The lowest BCUT2D eigenvalue weighted by Crippen LogP contribution is -2.67. The highest BCUT2D eigenvalue weighted by atomic mass is 19.4. The normalized spacial score (nSPS) is 23.8. The first-order valence-corrected chi connectivity index (χ1v) is 17.5. The predicted molar refractivity (Wildman–Crippen MR) is 184 cm³/mol. The van der Waals surface area contributed by atoms with E-state index in [0.717, 1.165) is 10.1 Å². The topological polar surface area (TPSA) is 222 Å². The van der Waals surface area contributed by atoms with E-state index in [2.05, 4.69) is 26.6 Å². The summed E-state index contributed by atoms with van der Waals surface area (Å²) in [5.41, 5.74) is -1.75. The third-order valence-electron chi connectivity index (χ3n) is 10.7. The van der Waals surface area contributed by atoms with Crippen molar-refractivity contribution in [3.63, 3.8) is 0 Å². The molecule has 3 aliphatic rings. The van der Waals surface area contributed by atoms with Crippen molar-refractivity contribution >= 4 is 47.0 Å². The molecule has 2 saturated carbocycles. The van der Waals surface area contributed by atoms with Crippen molar-refractivity contribution in [2.24, 2.45) is 23.7 Å². The largest absolute Gasteiger partial charge is 0.479 e. The fourth-order valence-corrected chi connectivity index (χ4v) is 7.99. The van der Waals surface area contributed by atoms with Crippen molar-refractivity contribution in [1.82, 2.24) is 25.8 Å². The Labute approximate surface area is 306 Å². The summed E-state index contributed by atoms with van der Waals surface area (Å²) in [6.45, 7) is 1.12. The molecule has 15 nitrogen and oxygen atoms in total. The van der Waals surface area contributed by atoms with Gasteiger partial charge < -0.3 is 36.3 Å². The number of carboxylic acid groups (broad SMARTS) is 1. The van der Waals surface area contributed by atoms with Crippen LogP contribution < -0.4 is 32.1 Å². The van der Waals surface area contributed by atoms with Gasteiger partial charge in [0, 0.05) is 31.8 Å². The Balaban J connectivity index is 1.32. The van der Waals surface area contributed by atoms with Crippen LogP contribution in [0, 0.1) is 23.7 Å². The maximum Gasteiger partial charge on any atom is 0.391 e. The van der Waals surface area contributed by atoms with Gasteiger partial charge in [0.05, 0.1) is 12.3 Å². The number of carboxylic acids is 1. The molecule has 290 valence electrons. The first kappa shape index (κ1) is 39.7. The fraction of sp³-hybridized carbons (Fsp3) is 0.500. The van der Waals surface area contributed by atoms with Gasteiger partial charge in [0.2, 0.25) is 23.5 Å². The minimum absolute atomic E-state index is 0.0369. The van der Waals surface area contributed by atoms with E-state index in [1.54, 1.807) is 13.0 Å². The van der Waals surface area contributed by atoms with Crippen LogP contribution in [-0.4, -0.2) is 75.8 Å². The van der Waals surface area contributed by atoms with Gasteiger partial charge >= 0.3 is 12.1 Å². The number of nitrogens with zero attached hydrogens (tertiary/aromatic N) is 1. The van der Waals surface area contributed by atoms with Gasteiger partial charge in [0.1, 0.15) is 23.8 Å². The van der Waals surface area contributed by atoms with Gasteiger partial charge in [-0.05, 0) is 85.3 Å². The predicted octanol–water partition coefficient (Wildman–Crippen LogP) is 1.43. The number of ketones is 1. The van der Waals surface area contributed by atoms with Crippen molar-refractivity contribution < 1.29 is 51.8 Å². The number of carbonyl (C=O) groups excluding carboxylic acids is 6. The molecule has 5 amide bonds. The second-order valence-corrected chi connectivity index (χ2v) is 14.2. The number of Topliss-reactive ketones (excluding diaryl/α,β-unsaturated/α-hetero) is 1. The Bertz CT molecular complexity index is 1930. The molecule has 2 heterocycles. The van der Waals surface area contributed by atoms with Crippen molar-refractivity contribution in [1.29, 1.82) is 0 Å². The number of rotatable bonds is 12. The molecule has 18 heteroatoms. The monoisotopic (exact) mass is 758 g/mol. The van der Waals surface area contributed by atoms with E-state index in [-0.39, 0.29) is 61.7 Å². The minimum Gasteiger partial charge on any atom is -0.479 e. The van der Waals surface area contributed by atoms with Crippen molar-refractivity contribution in [3.05, 3.63) is 63.6 Å². The van der Waals surface area contributed by atoms with E-state index >= 15 is 0 Å². The number of alkyl halides is 3. The second-order valence-electron chi connectivity index (χ2n) is 14.2. The number of hydrogen-bond donors (Lipinski definition) is 6. The molecule has 1 aliphatic heterocycles. The van der Waals surface area contributed by atoms with Crippen molar-refractivity contribution in [2.75, 3.05) is 12.4 Å². The number of halogens is 3. The third kappa shape index (κ3) is 8.47. The molecule has 2 bridgehead atoms. The molecule has 6 unspecified atom stereocenters. The molecule has 1 aromatic carbocycles. The number of nitrogens with one attached hydrogen (secondary N) is 5. The fourth-order valence-electron chi connectivity index (χ4n) is 7.99. The number of pyridine rings is 1. The molecule has 1 aromatic heterocycles. The second kappa shape index (κ2) is 15.8. The average molecular weight is 759 g/mol. The molecule has 6 N–H and O–H groups in total. The summed E-state index contributed by atoms with van der Waals surface area (Å²) in [6, 6.07) is 5.70. The van der Waals surface area contributed by atoms with Crippen LogP contribution in [0.15, 0.2) is 41.3 Å². The summed E-state index contributed by atoms with van der Waals surface area (Å²) in [5.74, 6) is -9.89. The van der Waals surface area contributed by atoms with Gasteiger partial charge in [-0.2, -0.15) is 13.2 Å². The molecular weight excluding hydrogens is 717 g/mol. The highest BCUT2D eigenvalue weighted by Gasteiger charge is 2.59. The number of likely N-dealkylation sites (N-methyl/N-ethyl adjacent to an activating group) is 1. The van der Waals surface area contributed by atoms with E-state index in [0.29, 0.717) is 5.56 Å². The Morgan fingerprint density at radius 2 is 1.78 bits per heavy atom. The molecule has 6 atom stereocenters. The third-order valence-corrected chi connectivity index (χ3v) is 10.7. The molecule has 2 aromatic rings. The number of amides is 5. The maximum atomic E-state index is 13.7. The van der Waals surface area contributed by atoms with Crippen LogP contribution in [0.1, 0.15) is 66.9 Å². The minimum atomic E-state index is -4.52. The smallest absolute Gasteiger partial charge is 0.391 e. The van der Waals surface area contributed by atoms with Crippen LogP contribution in [0.25, 0.3) is 0 Å². The standard InChI is InChI=1S/C36H41F3N6O9/c1-18-10-19-11-23(15-24(12-19)36(37,38)39)35(18,34(53)54)44-29(48)17-45-9-3-4-26(33(45)52)43-31(50)25(7-8-27(46)32(51)40-2)42-30(49)20-5-6-21-16-41-28(47)14-22(21)13-20/h3-6,9,13,18-19,23-25H,7-8,10-12,14-17H2,1-2H3,(H,40,51)(H,41,47)(H,42,49)(H,43,50)(H,44,48)(H,53,54). The van der Waals surface area contributed by atoms with Crippen LogP contribution in [0.2, 0.25) is 0 Å². The highest BCUT2D eigenvalue weighted by molar-refractivity contribution is 6.36. The number of aromatic nitrogens is 1. The number of fused-ring (bicyclic) bond motifs is 3. The van der Waals surface area contributed by atoms with Crippen LogP contribution in [-0.2, 0) is 48.3 Å². The molecule has 54 heavy (non-hydrogen) atoms. The quantitative estimate of drug-likeness (QED) is 0.172. The maximum absolute atomic E-state index is 13.7. The summed E-state index contributed by atoms with van der Waals surface area (Å²) >= 11 is 0. The Hall–Kier alpha value is -5.55. The summed E-state index contributed by atoms with van der Waals surface area (Å²) < 4.78 is 42.1. The van der Waals surface area contributed by atoms with Gasteiger partial charge in [-0.15, -0.1) is 0 Å². The number of carbonyl (C=O) groups is 7. The lowest BCUT2D eigenvalue weighted by Gasteiger charge is -2.52.